The molecule has 0 aromatic heterocycles. The van der Waals surface area contributed by atoms with E-state index in [9.17, 15) is 4.79 Å². The summed E-state index contributed by atoms with van der Waals surface area (Å²) in [6, 6.07) is 1.08. The Morgan fingerprint density at radius 3 is 2.94 bits per heavy atom. The highest BCUT2D eigenvalue weighted by molar-refractivity contribution is 5.80. The smallest absolute Gasteiger partial charge is 0.227 e. The molecule has 4 unspecified atom stereocenters. The monoisotopic (exact) mass is 252 g/mol. The predicted molar refractivity (Wildman–Crippen MR) is 69.2 cm³/mol. The van der Waals surface area contributed by atoms with Crippen molar-refractivity contribution >= 4 is 5.91 Å². The lowest BCUT2D eigenvalue weighted by Gasteiger charge is -2.35. The Balaban J connectivity index is 1.58. The topological polar surface area (TPSA) is 41.6 Å². The summed E-state index contributed by atoms with van der Waals surface area (Å²) < 4.78 is 5.23. The van der Waals surface area contributed by atoms with E-state index in [0.29, 0.717) is 23.9 Å². The van der Waals surface area contributed by atoms with E-state index >= 15 is 0 Å². The van der Waals surface area contributed by atoms with Crippen molar-refractivity contribution in [3.63, 3.8) is 0 Å². The zero-order valence-electron chi connectivity index (χ0n) is 11.2. The summed E-state index contributed by atoms with van der Waals surface area (Å²) in [5, 5.41) is 3.56. The van der Waals surface area contributed by atoms with Crippen molar-refractivity contribution in [3.8, 4) is 0 Å². The van der Waals surface area contributed by atoms with E-state index in [1.54, 1.807) is 7.11 Å². The van der Waals surface area contributed by atoms with Gasteiger partial charge in [0.1, 0.15) is 0 Å². The normalized spacial score (nSPS) is 39.3. The average Bonchev–Trinajstić information content (AvgIpc) is 3.01. The van der Waals surface area contributed by atoms with Crippen LogP contribution in [0.15, 0.2) is 0 Å². The van der Waals surface area contributed by atoms with E-state index in [1.165, 1.54) is 19.3 Å². The van der Waals surface area contributed by atoms with Gasteiger partial charge in [-0.1, -0.05) is 0 Å². The third-order valence-corrected chi connectivity index (χ3v) is 4.85. The Labute approximate surface area is 109 Å². The molecule has 0 aromatic rings. The van der Waals surface area contributed by atoms with Crippen molar-refractivity contribution in [2.24, 2.45) is 11.8 Å². The lowest BCUT2D eigenvalue weighted by molar-refractivity contribution is -0.138. The summed E-state index contributed by atoms with van der Waals surface area (Å²) in [4.78, 5) is 14.7. The number of carbonyl (C=O) groups is 1. The molecule has 0 saturated carbocycles. The molecule has 1 N–H and O–H groups in total. The predicted octanol–water partition coefficient (Wildman–Crippen LogP) is 1.01. The van der Waals surface area contributed by atoms with Gasteiger partial charge in [-0.15, -0.1) is 0 Å². The minimum absolute atomic E-state index is 0.255. The molecule has 3 fully saturated rings. The number of amides is 1. The van der Waals surface area contributed by atoms with Gasteiger partial charge in [-0.05, 0) is 38.0 Å². The van der Waals surface area contributed by atoms with Gasteiger partial charge in [0.2, 0.25) is 5.91 Å². The summed E-state index contributed by atoms with van der Waals surface area (Å²) >= 11 is 0. The van der Waals surface area contributed by atoms with Crippen LogP contribution in [0.4, 0.5) is 0 Å². The highest BCUT2D eigenvalue weighted by Gasteiger charge is 2.44. The Morgan fingerprint density at radius 2 is 2.28 bits per heavy atom. The van der Waals surface area contributed by atoms with Gasteiger partial charge in [0, 0.05) is 32.3 Å². The second-order valence-corrected chi connectivity index (χ2v) is 6.14. The van der Waals surface area contributed by atoms with Crippen LogP contribution >= 0.6 is 0 Å². The van der Waals surface area contributed by atoms with Crippen LogP contribution in [0, 0.1) is 11.8 Å². The molecule has 3 rings (SSSR count). The molecule has 1 amide bonds. The van der Waals surface area contributed by atoms with Crippen LogP contribution in [0.1, 0.15) is 32.1 Å². The van der Waals surface area contributed by atoms with Crippen LogP contribution < -0.4 is 5.32 Å². The Bertz CT molecular complexity index is 319. The molecule has 3 saturated heterocycles. The summed E-state index contributed by atoms with van der Waals surface area (Å²) in [5.74, 6) is 1.19. The van der Waals surface area contributed by atoms with Crippen LogP contribution in [0.25, 0.3) is 0 Å². The van der Waals surface area contributed by atoms with Crippen molar-refractivity contribution in [2.45, 2.75) is 44.2 Å². The first-order valence-corrected chi connectivity index (χ1v) is 7.31. The number of methoxy groups -OCH3 is 1. The second-order valence-electron chi connectivity index (χ2n) is 6.14. The Hall–Kier alpha value is -0.610. The van der Waals surface area contributed by atoms with Gasteiger partial charge >= 0.3 is 0 Å². The number of hydrogen-bond acceptors (Lipinski definition) is 3. The number of ether oxygens (including phenoxy) is 1. The van der Waals surface area contributed by atoms with Gasteiger partial charge in [-0.2, -0.15) is 0 Å². The van der Waals surface area contributed by atoms with Crippen molar-refractivity contribution < 1.29 is 9.53 Å². The molecule has 18 heavy (non-hydrogen) atoms. The number of hydrogen-bond donors (Lipinski definition) is 1. The first-order chi connectivity index (χ1) is 8.78. The molecule has 0 spiro atoms. The molecular weight excluding hydrogens is 228 g/mol. The highest BCUT2D eigenvalue weighted by Crippen LogP contribution is 2.35. The molecular formula is C14H24N2O2. The summed E-state index contributed by atoms with van der Waals surface area (Å²) in [6.45, 7) is 2.65. The molecule has 2 bridgehead atoms. The molecule has 102 valence electrons. The molecule has 4 atom stereocenters. The maximum Gasteiger partial charge on any atom is 0.227 e. The summed E-state index contributed by atoms with van der Waals surface area (Å²) in [7, 11) is 1.75. The summed E-state index contributed by atoms with van der Waals surface area (Å²) in [6.07, 6.45) is 5.85. The fourth-order valence-electron chi connectivity index (χ4n) is 3.97. The average molecular weight is 252 g/mol. The molecule has 3 heterocycles. The van der Waals surface area contributed by atoms with Crippen molar-refractivity contribution in [2.75, 3.05) is 26.8 Å². The quantitative estimate of drug-likeness (QED) is 0.815. The van der Waals surface area contributed by atoms with Crippen LogP contribution in [-0.4, -0.2) is 49.7 Å². The Kier molecular flexibility index (Phi) is 3.57. The van der Waals surface area contributed by atoms with Gasteiger partial charge in [-0.3, -0.25) is 4.79 Å². The first kappa shape index (κ1) is 12.4. The van der Waals surface area contributed by atoms with Crippen molar-refractivity contribution in [1.29, 1.82) is 0 Å². The van der Waals surface area contributed by atoms with Gasteiger partial charge in [0.25, 0.3) is 0 Å². The zero-order valence-corrected chi connectivity index (χ0v) is 11.2. The molecule has 3 aliphatic rings. The van der Waals surface area contributed by atoms with E-state index in [0.717, 1.165) is 32.5 Å². The van der Waals surface area contributed by atoms with Crippen molar-refractivity contribution in [3.05, 3.63) is 0 Å². The van der Waals surface area contributed by atoms with E-state index in [1.807, 2.05) is 0 Å². The fraction of sp³-hybridized carbons (Fsp3) is 0.929. The van der Waals surface area contributed by atoms with Crippen LogP contribution in [0.3, 0.4) is 0 Å². The van der Waals surface area contributed by atoms with Crippen molar-refractivity contribution in [1.82, 2.24) is 10.2 Å². The molecule has 0 aliphatic carbocycles. The van der Waals surface area contributed by atoms with E-state index in [4.69, 9.17) is 4.74 Å². The molecule has 3 aliphatic heterocycles. The summed E-state index contributed by atoms with van der Waals surface area (Å²) in [5.41, 5.74) is 0. The number of rotatable bonds is 3. The minimum Gasteiger partial charge on any atom is -0.384 e. The number of fused-ring (bicyclic) bond motifs is 2. The van der Waals surface area contributed by atoms with Crippen LogP contribution in [0.5, 0.6) is 0 Å². The third-order valence-electron chi connectivity index (χ3n) is 4.85. The fourth-order valence-corrected chi connectivity index (χ4v) is 3.97. The van der Waals surface area contributed by atoms with Gasteiger partial charge in [0.05, 0.1) is 12.5 Å². The van der Waals surface area contributed by atoms with E-state index in [-0.39, 0.29) is 5.92 Å². The van der Waals surface area contributed by atoms with Gasteiger partial charge in [-0.25, -0.2) is 0 Å². The number of piperidine rings is 1. The third kappa shape index (κ3) is 2.28. The first-order valence-electron chi connectivity index (χ1n) is 7.31. The van der Waals surface area contributed by atoms with Crippen LogP contribution in [0.2, 0.25) is 0 Å². The van der Waals surface area contributed by atoms with Crippen LogP contribution in [-0.2, 0) is 9.53 Å². The Morgan fingerprint density at radius 1 is 1.39 bits per heavy atom. The SMILES string of the molecule is COCC1CCCN(C(=O)C2CC3CCC2N3)C1. The van der Waals surface area contributed by atoms with E-state index < -0.39 is 0 Å². The molecule has 0 radical (unpaired) electrons. The largest absolute Gasteiger partial charge is 0.384 e. The second kappa shape index (κ2) is 5.17. The number of likely N-dealkylation sites (tertiary alicyclic amines) is 1. The maximum absolute atomic E-state index is 12.6. The standard InChI is InChI=1S/C14H24N2O2/c1-18-9-10-3-2-6-16(8-10)14(17)12-7-11-4-5-13(12)15-11/h10-13,15H,2-9H2,1H3. The molecule has 4 heteroatoms. The lowest BCUT2D eigenvalue weighted by atomic mass is 9.87. The number of nitrogens with one attached hydrogen (secondary N) is 1. The zero-order chi connectivity index (χ0) is 12.5. The minimum atomic E-state index is 0.255. The van der Waals surface area contributed by atoms with Gasteiger partial charge < -0.3 is 15.0 Å². The lowest BCUT2D eigenvalue weighted by Crippen LogP contribution is -2.46. The maximum atomic E-state index is 12.6. The van der Waals surface area contributed by atoms with Gasteiger partial charge in [0.15, 0.2) is 0 Å². The highest BCUT2D eigenvalue weighted by atomic mass is 16.5. The molecule has 4 nitrogen and oxygen atoms in total. The number of nitrogens with zero attached hydrogens (tertiary/aromatic N) is 1. The molecule has 0 aromatic carbocycles. The number of carbonyl (C=O) groups excluding carboxylic acids is 1. The van der Waals surface area contributed by atoms with E-state index in [2.05, 4.69) is 10.2 Å².